The molecule has 10 nitrogen and oxygen atoms in total. The molecule has 0 unspecified atom stereocenters. The minimum absolute atomic E-state index is 0.0286. The highest BCUT2D eigenvalue weighted by atomic mass is 35.5. The molecule has 1 saturated heterocycles. The van der Waals surface area contributed by atoms with Crippen LogP contribution in [0.25, 0.3) is 0 Å². The number of nitrogens with zero attached hydrogens (tertiary/aromatic N) is 5. The molecule has 1 aromatic carbocycles. The molecule has 1 aromatic heterocycles. The Morgan fingerprint density at radius 2 is 2.02 bits per heavy atom. The SMILES string of the molecule is CNC(=O)[C@@]1(C)CCCC[C@H]1C(=O)N1CCc2c(Cl)ccc(OCc3cn(C)nn3)c2[C@H]1CN1CC2(CC2)CC1=O. The summed E-state index contributed by atoms with van der Waals surface area (Å²) < 4.78 is 7.95. The third kappa shape index (κ3) is 5.08. The monoisotopic (exact) mass is 582 g/mol. The van der Waals surface area contributed by atoms with Crippen LogP contribution < -0.4 is 10.1 Å². The zero-order valence-electron chi connectivity index (χ0n) is 24.1. The molecule has 3 fully saturated rings. The second kappa shape index (κ2) is 10.6. The summed E-state index contributed by atoms with van der Waals surface area (Å²) in [4.78, 5) is 44.7. The van der Waals surface area contributed by atoms with E-state index in [4.69, 9.17) is 16.3 Å². The molecule has 3 atom stereocenters. The van der Waals surface area contributed by atoms with Crippen LogP contribution in [-0.4, -0.2) is 69.2 Å². The largest absolute Gasteiger partial charge is 0.487 e. The Morgan fingerprint density at radius 3 is 2.71 bits per heavy atom. The number of ether oxygens (including phenoxy) is 1. The van der Waals surface area contributed by atoms with Gasteiger partial charge in [-0.15, -0.1) is 5.10 Å². The maximum atomic E-state index is 14.5. The van der Waals surface area contributed by atoms with Crippen molar-refractivity contribution in [1.29, 1.82) is 0 Å². The fraction of sp³-hybridized carbons (Fsp3) is 0.633. The molecule has 4 aliphatic rings. The van der Waals surface area contributed by atoms with Gasteiger partial charge in [0.05, 0.1) is 23.6 Å². The minimum atomic E-state index is -0.782. The number of hydrogen-bond donors (Lipinski definition) is 1. The smallest absolute Gasteiger partial charge is 0.227 e. The number of aryl methyl sites for hydroxylation is 1. The highest BCUT2D eigenvalue weighted by molar-refractivity contribution is 6.31. The van der Waals surface area contributed by atoms with Crippen molar-refractivity contribution in [2.75, 3.05) is 26.7 Å². The Labute approximate surface area is 245 Å². The third-order valence-electron chi connectivity index (χ3n) is 9.89. The van der Waals surface area contributed by atoms with E-state index in [0.717, 1.165) is 43.4 Å². The van der Waals surface area contributed by atoms with E-state index in [1.165, 1.54) is 0 Å². The van der Waals surface area contributed by atoms with E-state index in [9.17, 15) is 14.4 Å². The van der Waals surface area contributed by atoms with Gasteiger partial charge in [-0.25, -0.2) is 0 Å². The van der Waals surface area contributed by atoms with Crippen molar-refractivity contribution in [3.63, 3.8) is 0 Å². The highest BCUT2D eigenvalue weighted by Gasteiger charge is 2.53. The molecule has 220 valence electrons. The van der Waals surface area contributed by atoms with E-state index in [2.05, 4.69) is 15.6 Å². The first-order valence-electron chi connectivity index (χ1n) is 14.7. The van der Waals surface area contributed by atoms with Crippen molar-refractivity contribution >= 4 is 29.3 Å². The van der Waals surface area contributed by atoms with E-state index >= 15 is 0 Å². The quantitative estimate of drug-likeness (QED) is 0.536. The lowest BCUT2D eigenvalue weighted by atomic mass is 9.66. The number of halogens is 1. The molecule has 3 amide bonds. The number of carbonyl (C=O) groups excluding carboxylic acids is 3. The molecule has 1 spiro atoms. The molecular weight excluding hydrogens is 544 g/mol. The van der Waals surface area contributed by atoms with Crippen molar-refractivity contribution in [2.45, 2.75) is 70.9 Å². The first-order valence-corrected chi connectivity index (χ1v) is 15.1. The molecule has 2 saturated carbocycles. The first kappa shape index (κ1) is 28.0. The topological polar surface area (TPSA) is 110 Å². The standard InChI is InChI=1S/C30H39ClN6O4/c1-29(28(40)32-2)10-5-4-6-21(29)27(39)37-13-9-20-22(31)7-8-24(41-17-19-15-35(3)34-33-19)26(20)23(37)16-36-18-30(11-12-30)14-25(36)38/h7-8,15,21,23H,4-6,9-14,16-18H2,1-3H3,(H,32,40)/t21-,23+,29-/m0/s1. The number of likely N-dealkylation sites (tertiary alicyclic amines) is 1. The molecule has 6 rings (SSSR count). The Kier molecular flexibility index (Phi) is 7.24. The van der Waals surface area contributed by atoms with Crippen molar-refractivity contribution in [3.05, 3.63) is 40.2 Å². The van der Waals surface area contributed by atoms with Crippen LogP contribution in [0.3, 0.4) is 0 Å². The van der Waals surface area contributed by atoms with Gasteiger partial charge in [-0.1, -0.05) is 29.7 Å². The van der Waals surface area contributed by atoms with Gasteiger partial charge in [0.25, 0.3) is 0 Å². The summed E-state index contributed by atoms with van der Waals surface area (Å²) in [5.41, 5.74) is 1.80. The summed E-state index contributed by atoms with van der Waals surface area (Å²) in [7, 11) is 3.44. The minimum Gasteiger partial charge on any atom is -0.487 e. The summed E-state index contributed by atoms with van der Waals surface area (Å²) in [6.45, 7) is 3.71. The maximum Gasteiger partial charge on any atom is 0.227 e. The summed E-state index contributed by atoms with van der Waals surface area (Å²) in [6, 6.07) is 3.25. The molecule has 11 heteroatoms. The number of benzene rings is 1. The number of aromatic nitrogens is 3. The summed E-state index contributed by atoms with van der Waals surface area (Å²) in [6.07, 6.45) is 8.25. The van der Waals surface area contributed by atoms with E-state index in [-0.39, 0.29) is 29.7 Å². The van der Waals surface area contributed by atoms with E-state index in [1.807, 2.05) is 28.9 Å². The highest BCUT2D eigenvalue weighted by Crippen LogP contribution is 2.54. The molecule has 2 aromatic rings. The average molecular weight is 583 g/mol. The number of rotatable bonds is 7. The second-order valence-corrected chi connectivity index (χ2v) is 13.1. The first-order chi connectivity index (χ1) is 19.6. The number of nitrogens with one attached hydrogen (secondary N) is 1. The third-order valence-corrected chi connectivity index (χ3v) is 10.2. The van der Waals surface area contributed by atoms with Crippen molar-refractivity contribution in [2.24, 2.45) is 23.8 Å². The van der Waals surface area contributed by atoms with Gasteiger partial charge in [-0.05, 0) is 62.1 Å². The van der Waals surface area contributed by atoms with Gasteiger partial charge < -0.3 is 19.9 Å². The van der Waals surface area contributed by atoms with Gasteiger partial charge in [-0.3, -0.25) is 19.1 Å². The Bertz CT molecular complexity index is 1370. The summed E-state index contributed by atoms with van der Waals surface area (Å²) >= 11 is 6.76. The van der Waals surface area contributed by atoms with Gasteiger partial charge in [-0.2, -0.15) is 0 Å². The Morgan fingerprint density at radius 1 is 1.22 bits per heavy atom. The molecule has 2 aliphatic carbocycles. The lowest BCUT2D eigenvalue weighted by molar-refractivity contribution is -0.153. The normalized spacial score (nSPS) is 26.7. The summed E-state index contributed by atoms with van der Waals surface area (Å²) in [5.74, 6) is 0.208. The van der Waals surface area contributed by atoms with Crippen molar-refractivity contribution in [3.8, 4) is 5.75 Å². The van der Waals surface area contributed by atoms with Gasteiger partial charge in [0, 0.05) is 50.7 Å². The molecule has 2 aliphatic heterocycles. The van der Waals surface area contributed by atoms with Crippen LogP contribution >= 0.6 is 11.6 Å². The molecule has 0 bridgehead atoms. The zero-order valence-corrected chi connectivity index (χ0v) is 24.9. The van der Waals surface area contributed by atoms with Crippen LogP contribution in [0.4, 0.5) is 0 Å². The average Bonchev–Trinajstić information content (AvgIpc) is 3.46. The fourth-order valence-electron chi connectivity index (χ4n) is 7.33. The number of fused-ring (bicyclic) bond motifs is 1. The van der Waals surface area contributed by atoms with E-state index in [1.54, 1.807) is 25.0 Å². The van der Waals surface area contributed by atoms with Gasteiger partial charge in [0.15, 0.2) is 0 Å². The Hall–Kier alpha value is -3.14. The lowest BCUT2D eigenvalue weighted by Gasteiger charge is -2.46. The zero-order chi connectivity index (χ0) is 28.9. The molecule has 41 heavy (non-hydrogen) atoms. The summed E-state index contributed by atoms with van der Waals surface area (Å²) in [5, 5.41) is 11.6. The number of hydrogen-bond acceptors (Lipinski definition) is 6. The Balaban J connectivity index is 1.37. The molecule has 0 radical (unpaired) electrons. The lowest BCUT2D eigenvalue weighted by Crippen LogP contribution is -2.54. The van der Waals surface area contributed by atoms with Crippen molar-refractivity contribution < 1.29 is 19.1 Å². The van der Waals surface area contributed by atoms with Crippen LogP contribution in [0.2, 0.25) is 5.02 Å². The van der Waals surface area contributed by atoms with E-state index in [0.29, 0.717) is 55.2 Å². The molecule has 1 N–H and O–H groups in total. The van der Waals surface area contributed by atoms with Gasteiger partial charge >= 0.3 is 0 Å². The number of carbonyl (C=O) groups is 3. The predicted molar refractivity (Wildman–Crippen MR) is 152 cm³/mol. The fourth-order valence-corrected chi connectivity index (χ4v) is 7.59. The van der Waals surface area contributed by atoms with Crippen LogP contribution in [-0.2, 0) is 34.5 Å². The predicted octanol–water partition coefficient (Wildman–Crippen LogP) is 3.43. The molecule has 3 heterocycles. The van der Waals surface area contributed by atoms with Gasteiger partial charge in [0.2, 0.25) is 17.7 Å². The van der Waals surface area contributed by atoms with Gasteiger partial charge in [0.1, 0.15) is 18.1 Å². The molecular formula is C30H39ClN6O4. The number of amides is 3. The van der Waals surface area contributed by atoms with E-state index < -0.39 is 17.4 Å². The van der Waals surface area contributed by atoms with Crippen LogP contribution in [0.1, 0.15) is 74.7 Å². The van der Waals surface area contributed by atoms with Crippen LogP contribution in [0.5, 0.6) is 5.75 Å². The second-order valence-electron chi connectivity index (χ2n) is 12.7. The van der Waals surface area contributed by atoms with Crippen LogP contribution in [0, 0.1) is 16.7 Å². The van der Waals surface area contributed by atoms with Crippen molar-refractivity contribution in [1.82, 2.24) is 30.1 Å². The maximum absolute atomic E-state index is 14.5. The van der Waals surface area contributed by atoms with Crippen LogP contribution in [0.15, 0.2) is 18.3 Å².